The van der Waals surface area contributed by atoms with Crippen LogP contribution in [-0.2, 0) is 26.7 Å². The molecule has 0 aliphatic heterocycles. The molecule has 0 spiro atoms. The van der Waals surface area contributed by atoms with Gasteiger partial charge in [-0.3, -0.25) is 15.0 Å². The predicted molar refractivity (Wildman–Crippen MR) is 126 cm³/mol. The Morgan fingerprint density at radius 2 is 1.18 bits per heavy atom. The zero-order valence-electron chi connectivity index (χ0n) is 17.7. The molecule has 33 heavy (non-hydrogen) atoms. The number of aliphatic hydroxyl groups excluding tert-OH is 1. The Balaban J connectivity index is 0.000000186. The van der Waals surface area contributed by atoms with Crippen LogP contribution in [0, 0.1) is 12.1 Å². The Bertz CT molecular complexity index is 1200. The molecule has 0 saturated carbocycles. The number of rotatable bonds is 4. The molecule has 0 fully saturated rings. The average Bonchev–Trinajstić information content (AvgIpc) is 2.91. The first-order chi connectivity index (χ1) is 15.8. The Kier molecular flexibility index (Phi) is 9.16. The molecule has 2 aromatic carbocycles. The number of hydrogen-bond donors (Lipinski definition) is 1. The molecule has 0 saturated heterocycles. The fourth-order valence-corrected chi connectivity index (χ4v) is 3.08. The van der Waals surface area contributed by atoms with E-state index >= 15 is 0 Å². The quantitative estimate of drug-likeness (QED) is 0.269. The molecule has 5 heteroatoms. The summed E-state index contributed by atoms with van der Waals surface area (Å²) >= 11 is 0. The maximum atomic E-state index is 8.94. The van der Waals surface area contributed by atoms with E-state index in [1.165, 1.54) is 0 Å². The molecule has 165 valence electrons. The van der Waals surface area contributed by atoms with Crippen molar-refractivity contribution in [2.24, 2.45) is 0 Å². The summed E-state index contributed by atoms with van der Waals surface area (Å²) < 4.78 is 0. The van der Waals surface area contributed by atoms with E-state index in [9.17, 15) is 0 Å². The van der Waals surface area contributed by atoms with Crippen molar-refractivity contribution in [3.63, 3.8) is 0 Å². The van der Waals surface area contributed by atoms with Gasteiger partial charge in [0.2, 0.25) is 0 Å². The van der Waals surface area contributed by atoms with Crippen molar-refractivity contribution < 1.29 is 25.2 Å². The van der Waals surface area contributed by atoms with Gasteiger partial charge in [-0.15, -0.1) is 60.2 Å². The smallest absolute Gasteiger partial charge is 0.0843 e. The van der Waals surface area contributed by atoms with Crippen molar-refractivity contribution in [2.75, 3.05) is 0 Å². The molecule has 1 radical (unpaired) electrons. The summed E-state index contributed by atoms with van der Waals surface area (Å²) in [7, 11) is 0. The molecule has 0 unspecified atom stereocenters. The van der Waals surface area contributed by atoms with Gasteiger partial charge in [-0.05, 0) is 23.9 Å². The zero-order chi connectivity index (χ0) is 22.0. The van der Waals surface area contributed by atoms with E-state index in [0.717, 1.165) is 33.8 Å². The van der Waals surface area contributed by atoms with Crippen molar-refractivity contribution in [3.05, 3.63) is 127 Å². The number of aromatic nitrogens is 3. The molecule has 4 nitrogen and oxygen atoms in total. The van der Waals surface area contributed by atoms with Crippen molar-refractivity contribution in [1.29, 1.82) is 0 Å². The fourth-order valence-electron chi connectivity index (χ4n) is 3.08. The van der Waals surface area contributed by atoms with Crippen LogP contribution in [0.25, 0.3) is 33.8 Å². The van der Waals surface area contributed by atoms with Crippen molar-refractivity contribution in [1.82, 2.24) is 15.0 Å². The Morgan fingerprint density at radius 1 is 0.606 bits per heavy atom. The van der Waals surface area contributed by atoms with E-state index in [-0.39, 0.29) is 26.7 Å². The molecule has 0 amide bonds. The largest absolute Gasteiger partial charge is 0.390 e. The summed E-state index contributed by atoms with van der Waals surface area (Å²) in [4.78, 5) is 12.9. The van der Waals surface area contributed by atoms with E-state index in [1.54, 1.807) is 18.5 Å². The van der Waals surface area contributed by atoms with E-state index in [1.807, 2.05) is 91.0 Å². The number of nitrogens with zero attached hydrogens (tertiary/aromatic N) is 3. The van der Waals surface area contributed by atoms with Gasteiger partial charge in [0.1, 0.15) is 0 Å². The molecule has 3 aromatic heterocycles. The first-order valence-electron chi connectivity index (χ1n) is 10.2. The van der Waals surface area contributed by atoms with Gasteiger partial charge >= 0.3 is 0 Å². The third-order valence-corrected chi connectivity index (χ3v) is 4.63. The Labute approximate surface area is 207 Å². The summed E-state index contributed by atoms with van der Waals surface area (Å²) in [5.74, 6) is 0. The minimum Gasteiger partial charge on any atom is -0.390 e. The third-order valence-electron chi connectivity index (χ3n) is 4.63. The van der Waals surface area contributed by atoms with Crippen LogP contribution in [0.5, 0.6) is 0 Å². The number of pyridine rings is 3. The van der Waals surface area contributed by atoms with Crippen molar-refractivity contribution in [2.45, 2.75) is 6.61 Å². The van der Waals surface area contributed by atoms with Gasteiger partial charge in [0.25, 0.3) is 0 Å². The van der Waals surface area contributed by atoms with Crippen LogP contribution in [0.1, 0.15) is 5.69 Å². The topological polar surface area (TPSA) is 58.9 Å². The molecular weight excluding hydrogens is 587 g/mol. The minimum atomic E-state index is -0.0271. The molecule has 0 atom stereocenters. The second-order valence-electron chi connectivity index (χ2n) is 6.86. The third kappa shape index (κ3) is 6.74. The van der Waals surface area contributed by atoms with Crippen LogP contribution in [0.4, 0.5) is 0 Å². The first-order valence-corrected chi connectivity index (χ1v) is 10.2. The maximum Gasteiger partial charge on any atom is 0.0843 e. The van der Waals surface area contributed by atoms with Crippen LogP contribution in [-0.4, -0.2) is 20.1 Å². The molecule has 0 aliphatic carbocycles. The summed E-state index contributed by atoms with van der Waals surface area (Å²) in [6, 6.07) is 37.4. The van der Waals surface area contributed by atoms with Crippen molar-refractivity contribution >= 4 is 0 Å². The predicted octanol–water partition coefficient (Wildman–Crippen LogP) is 5.65. The second-order valence-corrected chi connectivity index (χ2v) is 6.86. The van der Waals surface area contributed by atoms with E-state index in [4.69, 9.17) is 5.11 Å². The Hall–Kier alpha value is -3.50. The van der Waals surface area contributed by atoms with Crippen LogP contribution < -0.4 is 0 Å². The first kappa shape index (κ1) is 24.1. The maximum absolute atomic E-state index is 8.94. The fraction of sp³-hybridized carbons (Fsp3) is 0.0357. The Morgan fingerprint density at radius 3 is 1.73 bits per heavy atom. The van der Waals surface area contributed by atoms with Gasteiger partial charge in [-0.25, -0.2) is 0 Å². The van der Waals surface area contributed by atoms with Gasteiger partial charge in [0.15, 0.2) is 0 Å². The van der Waals surface area contributed by atoms with Crippen LogP contribution in [0.3, 0.4) is 0 Å². The molecule has 0 bridgehead atoms. The standard InChI is InChI=1S/C16H11N2.C12H10NO.Ir/c1-3-10-17-15(8-1)13-6-5-7-14(12-13)16-9-2-4-11-18-16;14-9-11-7-4-8-12(13-11)10-5-2-1-3-6-10;/h1-11H;1-5,7-8,14H,9H2;/q2*-1;. The van der Waals surface area contributed by atoms with Crippen LogP contribution in [0.2, 0.25) is 0 Å². The molecule has 0 aliphatic rings. The van der Waals surface area contributed by atoms with E-state index < -0.39 is 0 Å². The minimum absolute atomic E-state index is 0. The number of hydrogen-bond acceptors (Lipinski definition) is 4. The van der Waals surface area contributed by atoms with Gasteiger partial charge in [-0.1, -0.05) is 47.5 Å². The van der Waals surface area contributed by atoms with Crippen LogP contribution in [0.15, 0.2) is 109 Å². The van der Waals surface area contributed by atoms with Gasteiger partial charge in [-0.2, -0.15) is 0 Å². The number of aliphatic hydroxyl groups is 1. The molecule has 5 aromatic rings. The monoisotopic (exact) mass is 608 g/mol. The molecular formula is C28H21IrN3O-2. The average molecular weight is 608 g/mol. The summed E-state index contributed by atoms with van der Waals surface area (Å²) in [5.41, 5.74) is 6.29. The van der Waals surface area contributed by atoms with Gasteiger partial charge in [0.05, 0.1) is 12.3 Å². The second kappa shape index (κ2) is 12.5. The SMILES string of the molecule is OCc1cccc(-c2[c-]cccc2)n1.[Ir].[c-]1c(-c2ccccn2)cccc1-c1ccccn1. The summed E-state index contributed by atoms with van der Waals surface area (Å²) in [6.45, 7) is -0.0271. The van der Waals surface area contributed by atoms with Crippen molar-refractivity contribution in [3.8, 4) is 33.8 Å². The summed E-state index contributed by atoms with van der Waals surface area (Å²) in [6.07, 6.45) is 3.58. The zero-order valence-corrected chi connectivity index (χ0v) is 20.1. The normalized spacial score (nSPS) is 9.85. The molecule has 3 heterocycles. The summed E-state index contributed by atoms with van der Waals surface area (Å²) in [5, 5.41) is 8.94. The van der Waals surface area contributed by atoms with Crippen LogP contribution >= 0.6 is 0 Å². The van der Waals surface area contributed by atoms with Gasteiger partial charge < -0.3 is 5.11 Å². The molecule has 5 rings (SSSR count). The van der Waals surface area contributed by atoms with E-state index in [2.05, 4.69) is 27.1 Å². The van der Waals surface area contributed by atoms with Gasteiger partial charge in [0, 0.05) is 43.9 Å². The van der Waals surface area contributed by atoms with E-state index in [0.29, 0.717) is 5.69 Å². The number of benzene rings is 2. The molecule has 1 N–H and O–H groups in total.